The number of hydrogen-bond acceptors (Lipinski definition) is 3. The second-order valence-electron chi connectivity index (χ2n) is 5.89. The Labute approximate surface area is 125 Å². The lowest BCUT2D eigenvalue weighted by atomic mass is 9.91. The van der Waals surface area contributed by atoms with Crippen molar-refractivity contribution < 1.29 is 10.0 Å². The summed E-state index contributed by atoms with van der Waals surface area (Å²) in [5.74, 6) is -0.384. The first kappa shape index (κ1) is 15.4. The fourth-order valence-corrected chi connectivity index (χ4v) is 2.90. The molecule has 1 heterocycles. The van der Waals surface area contributed by atoms with E-state index in [1.807, 2.05) is 35.2 Å². The number of oxime groups is 1. The maximum atomic E-state index is 12.9. The fourth-order valence-electron chi connectivity index (χ4n) is 2.90. The predicted molar refractivity (Wildman–Crippen MR) is 82.2 cm³/mol. The fraction of sp³-hybridized carbons (Fsp3) is 0.500. The van der Waals surface area contributed by atoms with E-state index in [9.17, 15) is 4.79 Å². The molecule has 3 atom stereocenters. The number of rotatable bonds is 3. The van der Waals surface area contributed by atoms with Gasteiger partial charge < -0.3 is 15.8 Å². The van der Waals surface area contributed by atoms with Crippen molar-refractivity contribution in [2.75, 3.05) is 6.54 Å². The van der Waals surface area contributed by atoms with Crippen LogP contribution < -0.4 is 5.73 Å². The number of carbonyl (C=O) groups excluding carboxylic acids is 1. The normalized spacial score (nSPS) is 24.7. The number of nitrogens with zero attached hydrogens (tertiary/aromatic N) is 2. The molecule has 1 amide bonds. The van der Waals surface area contributed by atoms with Gasteiger partial charge in [0.25, 0.3) is 0 Å². The van der Waals surface area contributed by atoms with Gasteiger partial charge >= 0.3 is 0 Å². The highest BCUT2D eigenvalue weighted by Gasteiger charge is 2.34. The average Bonchev–Trinajstić information content (AvgIpc) is 2.50. The molecule has 1 aliphatic rings. The van der Waals surface area contributed by atoms with Crippen molar-refractivity contribution in [1.29, 1.82) is 0 Å². The van der Waals surface area contributed by atoms with Gasteiger partial charge in [0.1, 0.15) is 5.92 Å². The maximum absolute atomic E-state index is 12.9. The minimum Gasteiger partial charge on any atom is -0.409 e. The van der Waals surface area contributed by atoms with E-state index in [2.05, 4.69) is 19.0 Å². The van der Waals surface area contributed by atoms with E-state index in [0.29, 0.717) is 5.92 Å². The van der Waals surface area contributed by atoms with Crippen LogP contribution in [0.4, 0.5) is 0 Å². The van der Waals surface area contributed by atoms with Gasteiger partial charge in [0.2, 0.25) is 5.91 Å². The standard InChI is InChI=1S/C16H23N3O2/c1-11-8-9-12(2)19(10-11)16(20)14(15(17)18-21)13-6-4-3-5-7-13/h3-7,11-12,14,21H,8-10H2,1-2H3,(H2,17,18). The van der Waals surface area contributed by atoms with Crippen LogP contribution in [0.3, 0.4) is 0 Å². The van der Waals surface area contributed by atoms with Crippen molar-refractivity contribution in [1.82, 2.24) is 4.90 Å². The Morgan fingerprint density at radius 3 is 2.62 bits per heavy atom. The first-order valence-electron chi connectivity index (χ1n) is 7.37. The Hall–Kier alpha value is -2.04. The lowest BCUT2D eigenvalue weighted by molar-refractivity contribution is -0.135. The van der Waals surface area contributed by atoms with Crippen LogP contribution >= 0.6 is 0 Å². The van der Waals surface area contributed by atoms with Gasteiger partial charge in [-0.05, 0) is 31.2 Å². The van der Waals surface area contributed by atoms with Crippen LogP contribution in [0.25, 0.3) is 0 Å². The van der Waals surface area contributed by atoms with Crippen LogP contribution in [0.2, 0.25) is 0 Å². The van der Waals surface area contributed by atoms with E-state index in [4.69, 9.17) is 10.9 Å². The van der Waals surface area contributed by atoms with E-state index in [0.717, 1.165) is 24.9 Å². The Bertz CT molecular complexity index is 516. The van der Waals surface area contributed by atoms with Gasteiger partial charge in [-0.3, -0.25) is 4.79 Å². The molecule has 0 bridgehead atoms. The Balaban J connectivity index is 2.31. The number of nitrogens with two attached hydrogens (primary N) is 1. The Kier molecular flexibility index (Phi) is 4.83. The van der Waals surface area contributed by atoms with Crippen LogP contribution in [-0.2, 0) is 4.79 Å². The van der Waals surface area contributed by atoms with Gasteiger partial charge in [-0.1, -0.05) is 42.4 Å². The summed E-state index contributed by atoms with van der Waals surface area (Å²) >= 11 is 0. The van der Waals surface area contributed by atoms with Crippen molar-refractivity contribution in [2.24, 2.45) is 16.8 Å². The molecule has 1 aliphatic heterocycles. The molecule has 21 heavy (non-hydrogen) atoms. The summed E-state index contributed by atoms with van der Waals surface area (Å²) in [7, 11) is 0. The largest absolute Gasteiger partial charge is 0.409 e. The molecular formula is C16H23N3O2. The first-order chi connectivity index (χ1) is 10.0. The lowest BCUT2D eigenvalue weighted by Crippen LogP contribution is -2.49. The Morgan fingerprint density at radius 1 is 1.33 bits per heavy atom. The summed E-state index contributed by atoms with van der Waals surface area (Å²) in [6.07, 6.45) is 2.12. The zero-order chi connectivity index (χ0) is 15.4. The second-order valence-corrected chi connectivity index (χ2v) is 5.89. The molecular weight excluding hydrogens is 266 g/mol. The third kappa shape index (κ3) is 3.35. The molecule has 1 saturated heterocycles. The van der Waals surface area contributed by atoms with Crippen LogP contribution in [-0.4, -0.2) is 34.4 Å². The average molecular weight is 289 g/mol. The first-order valence-corrected chi connectivity index (χ1v) is 7.37. The molecule has 5 nitrogen and oxygen atoms in total. The Morgan fingerprint density at radius 2 is 2.00 bits per heavy atom. The SMILES string of the molecule is CC1CCC(C)N(C(=O)C(C(N)=NO)c2ccccc2)C1. The molecule has 114 valence electrons. The summed E-state index contributed by atoms with van der Waals surface area (Å²) in [4.78, 5) is 14.8. The van der Waals surface area contributed by atoms with Gasteiger partial charge in [0.05, 0.1) is 0 Å². The van der Waals surface area contributed by atoms with Crippen LogP contribution in [0.15, 0.2) is 35.5 Å². The summed E-state index contributed by atoms with van der Waals surface area (Å²) < 4.78 is 0. The lowest BCUT2D eigenvalue weighted by Gasteiger charge is -2.38. The topological polar surface area (TPSA) is 78.9 Å². The summed E-state index contributed by atoms with van der Waals surface area (Å²) in [5.41, 5.74) is 6.54. The highest BCUT2D eigenvalue weighted by Crippen LogP contribution is 2.26. The number of carbonyl (C=O) groups is 1. The summed E-state index contributed by atoms with van der Waals surface area (Å²) in [6.45, 7) is 4.92. The number of likely N-dealkylation sites (tertiary alicyclic amines) is 1. The molecule has 0 aromatic heterocycles. The minimum atomic E-state index is -0.719. The van der Waals surface area contributed by atoms with Gasteiger partial charge in [-0.2, -0.15) is 0 Å². The molecule has 1 aromatic carbocycles. The zero-order valence-corrected chi connectivity index (χ0v) is 12.6. The van der Waals surface area contributed by atoms with Gasteiger partial charge in [-0.25, -0.2) is 0 Å². The smallest absolute Gasteiger partial charge is 0.238 e. The molecule has 3 unspecified atom stereocenters. The molecule has 1 fully saturated rings. The third-order valence-corrected chi connectivity index (χ3v) is 4.19. The summed E-state index contributed by atoms with van der Waals surface area (Å²) in [6, 6.07) is 9.43. The summed E-state index contributed by atoms with van der Waals surface area (Å²) in [5, 5.41) is 12.1. The number of piperidine rings is 1. The van der Waals surface area contributed by atoms with E-state index in [1.165, 1.54) is 0 Å². The second kappa shape index (κ2) is 6.61. The molecule has 5 heteroatoms. The van der Waals surface area contributed by atoms with Crippen LogP contribution in [0.1, 0.15) is 38.2 Å². The van der Waals surface area contributed by atoms with Crippen LogP contribution in [0, 0.1) is 5.92 Å². The van der Waals surface area contributed by atoms with Crippen molar-refractivity contribution in [3.63, 3.8) is 0 Å². The molecule has 0 spiro atoms. The van der Waals surface area contributed by atoms with Gasteiger partial charge in [0, 0.05) is 12.6 Å². The monoisotopic (exact) mass is 289 g/mol. The van der Waals surface area contributed by atoms with Crippen molar-refractivity contribution >= 4 is 11.7 Å². The van der Waals surface area contributed by atoms with Gasteiger partial charge in [0.15, 0.2) is 5.84 Å². The number of amidine groups is 1. The molecule has 2 rings (SSSR count). The number of benzene rings is 1. The quantitative estimate of drug-likeness (QED) is 0.387. The number of hydrogen-bond donors (Lipinski definition) is 2. The van der Waals surface area contributed by atoms with E-state index < -0.39 is 5.92 Å². The molecule has 0 saturated carbocycles. The van der Waals surface area contributed by atoms with Crippen molar-refractivity contribution in [3.05, 3.63) is 35.9 Å². The van der Waals surface area contributed by atoms with E-state index >= 15 is 0 Å². The van der Waals surface area contributed by atoms with E-state index in [1.54, 1.807) is 0 Å². The molecule has 3 N–H and O–H groups in total. The molecule has 0 aliphatic carbocycles. The highest BCUT2D eigenvalue weighted by atomic mass is 16.4. The minimum absolute atomic E-state index is 0.0587. The molecule has 0 radical (unpaired) electrons. The van der Waals surface area contributed by atoms with Crippen LogP contribution in [0.5, 0.6) is 0 Å². The maximum Gasteiger partial charge on any atom is 0.238 e. The van der Waals surface area contributed by atoms with Crippen molar-refractivity contribution in [2.45, 2.75) is 38.6 Å². The highest BCUT2D eigenvalue weighted by molar-refractivity contribution is 6.07. The molecule has 1 aromatic rings. The zero-order valence-electron chi connectivity index (χ0n) is 12.6. The van der Waals surface area contributed by atoms with Crippen molar-refractivity contribution in [3.8, 4) is 0 Å². The van der Waals surface area contributed by atoms with E-state index in [-0.39, 0.29) is 17.8 Å². The predicted octanol–water partition coefficient (Wildman–Crippen LogP) is 2.16. The van der Waals surface area contributed by atoms with Gasteiger partial charge in [-0.15, -0.1) is 0 Å². The number of amides is 1. The third-order valence-electron chi connectivity index (χ3n) is 4.19.